The number of amides is 2. The summed E-state index contributed by atoms with van der Waals surface area (Å²) in [6.45, 7) is 5.85. The van der Waals surface area contributed by atoms with Gasteiger partial charge in [0.2, 0.25) is 11.8 Å². The summed E-state index contributed by atoms with van der Waals surface area (Å²) in [5.41, 5.74) is 3.09. The van der Waals surface area contributed by atoms with Crippen LogP contribution in [0.1, 0.15) is 12.0 Å². The fraction of sp³-hybridized carbons (Fsp3) is 0.375. The SMILES string of the molecule is C=CCOc1cccc(CN2CCNC(=O)C2CC(=O)NN)c1. The maximum Gasteiger partial charge on any atom is 0.237 e. The Morgan fingerprint density at radius 3 is 3.13 bits per heavy atom. The van der Waals surface area contributed by atoms with Crippen molar-refractivity contribution < 1.29 is 14.3 Å². The molecule has 1 aromatic rings. The number of nitrogens with zero attached hydrogens (tertiary/aromatic N) is 1. The summed E-state index contributed by atoms with van der Waals surface area (Å²) in [7, 11) is 0. The Labute approximate surface area is 135 Å². The summed E-state index contributed by atoms with van der Waals surface area (Å²) in [6, 6.07) is 7.14. The number of ether oxygens (including phenoxy) is 1. The molecule has 2 amide bonds. The highest BCUT2D eigenvalue weighted by Gasteiger charge is 2.31. The molecule has 1 unspecified atom stereocenters. The Morgan fingerprint density at radius 1 is 1.57 bits per heavy atom. The number of nitrogens with two attached hydrogens (primary N) is 1. The molecule has 23 heavy (non-hydrogen) atoms. The molecule has 0 aliphatic carbocycles. The zero-order valence-electron chi connectivity index (χ0n) is 13.0. The third-order valence-electron chi connectivity index (χ3n) is 3.63. The molecule has 1 fully saturated rings. The van der Waals surface area contributed by atoms with E-state index in [1.807, 2.05) is 29.2 Å². The lowest BCUT2D eigenvalue weighted by Gasteiger charge is -2.34. The molecule has 1 aliphatic heterocycles. The monoisotopic (exact) mass is 318 g/mol. The van der Waals surface area contributed by atoms with Crippen molar-refractivity contribution in [3.63, 3.8) is 0 Å². The van der Waals surface area contributed by atoms with Crippen molar-refractivity contribution in [2.24, 2.45) is 5.84 Å². The molecule has 1 heterocycles. The van der Waals surface area contributed by atoms with Crippen molar-refractivity contribution in [2.45, 2.75) is 19.0 Å². The molecule has 1 saturated heterocycles. The van der Waals surface area contributed by atoms with Crippen LogP contribution in [0.4, 0.5) is 0 Å². The Balaban J connectivity index is 2.07. The number of benzene rings is 1. The lowest BCUT2D eigenvalue weighted by Crippen LogP contribution is -2.56. The van der Waals surface area contributed by atoms with Crippen molar-refractivity contribution in [3.8, 4) is 5.75 Å². The standard InChI is InChI=1S/C16H22N4O3/c1-2-8-23-13-5-3-4-12(9-13)11-20-7-6-18-16(22)14(20)10-15(21)19-17/h2-5,9,14H,1,6-8,10-11,17H2,(H,18,22)(H,19,21). The van der Waals surface area contributed by atoms with Crippen LogP contribution in [-0.4, -0.2) is 42.5 Å². The summed E-state index contributed by atoms with van der Waals surface area (Å²) in [5.74, 6) is 5.36. The van der Waals surface area contributed by atoms with Crippen LogP contribution in [0.3, 0.4) is 0 Å². The first-order valence-electron chi connectivity index (χ1n) is 7.48. The minimum absolute atomic E-state index is 0.0367. The summed E-state index contributed by atoms with van der Waals surface area (Å²) in [6.07, 6.45) is 1.72. The van der Waals surface area contributed by atoms with Gasteiger partial charge in [-0.1, -0.05) is 24.8 Å². The summed E-state index contributed by atoms with van der Waals surface area (Å²) in [5, 5.41) is 2.78. The molecular weight excluding hydrogens is 296 g/mol. The third kappa shape index (κ3) is 4.80. The van der Waals surface area contributed by atoms with Crippen LogP contribution in [0, 0.1) is 0 Å². The van der Waals surface area contributed by atoms with E-state index in [1.165, 1.54) is 0 Å². The lowest BCUT2D eigenvalue weighted by atomic mass is 10.1. The molecule has 0 saturated carbocycles. The highest BCUT2D eigenvalue weighted by molar-refractivity contribution is 5.88. The van der Waals surface area contributed by atoms with E-state index in [2.05, 4.69) is 17.3 Å². The molecule has 1 aromatic carbocycles. The zero-order valence-corrected chi connectivity index (χ0v) is 13.0. The molecule has 2 rings (SSSR count). The van der Waals surface area contributed by atoms with Crippen LogP contribution in [0.25, 0.3) is 0 Å². The van der Waals surface area contributed by atoms with E-state index in [9.17, 15) is 9.59 Å². The largest absolute Gasteiger partial charge is 0.490 e. The molecule has 1 aliphatic rings. The van der Waals surface area contributed by atoms with Crippen molar-refractivity contribution in [1.29, 1.82) is 0 Å². The number of piperazine rings is 1. The number of hydrogen-bond donors (Lipinski definition) is 3. The quantitative estimate of drug-likeness (QED) is 0.283. The Kier molecular flexibility index (Phi) is 6.13. The molecule has 4 N–H and O–H groups in total. The maximum atomic E-state index is 12.0. The van der Waals surface area contributed by atoms with Crippen LogP contribution in [0.5, 0.6) is 5.75 Å². The molecule has 124 valence electrons. The van der Waals surface area contributed by atoms with E-state index in [4.69, 9.17) is 10.6 Å². The van der Waals surface area contributed by atoms with Gasteiger partial charge in [0.15, 0.2) is 0 Å². The van der Waals surface area contributed by atoms with Crippen molar-refractivity contribution in [2.75, 3.05) is 19.7 Å². The van der Waals surface area contributed by atoms with Gasteiger partial charge in [0.05, 0.1) is 12.5 Å². The number of rotatable bonds is 7. The highest BCUT2D eigenvalue weighted by Crippen LogP contribution is 2.18. The second-order valence-electron chi connectivity index (χ2n) is 5.30. The van der Waals surface area contributed by atoms with E-state index in [1.54, 1.807) is 6.08 Å². The molecule has 0 spiro atoms. The lowest BCUT2D eigenvalue weighted by molar-refractivity contribution is -0.134. The van der Waals surface area contributed by atoms with E-state index in [0.29, 0.717) is 26.2 Å². The van der Waals surface area contributed by atoms with E-state index >= 15 is 0 Å². The van der Waals surface area contributed by atoms with Gasteiger partial charge in [0.1, 0.15) is 12.4 Å². The second kappa shape index (κ2) is 8.30. The molecule has 7 nitrogen and oxygen atoms in total. The first-order chi connectivity index (χ1) is 11.1. The Bertz CT molecular complexity index is 576. The fourth-order valence-corrected chi connectivity index (χ4v) is 2.53. The summed E-state index contributed by atoms with van der Waals surface area (Å²) in [4.78, 5) is 25.5. The molecule has 7 heteroatoms. The minimum atomic E-state index is -0.523. The predicted octanol–water partition coefficient (Wildman–Crippen LogP) is -0.0682. The Hall–Kier alpha value is -2.38. The van der Waals surface area contributed by atoms with Crippen LogP contribution in [-0.2, 0) is 16.1 Å². The van der Waals surface area contributed by atoms with Gasteiger partial charge in [-0.3, -0.25) is 19.9 Å². The van der Waals surface area contributed by atoms with Gasteiger partial charge in [-0.05, 0) is 17.7 Å². The number of carbonyl (C=O) groups is 2. The second-order valence-corrected chi connectivity index (χ2v) is 5.30. The third-order valence-corrected chi connectivity index (χ3v) is 3.63. The molecular formula is C16H22N4O3. The number of hydrogen-bond acceptors (Lipinski definition) is 5. The zero-order chi connectivity index (χ0) is 16.7. The molecule has 0 radical (unpaired) electrons. The summed E-state index contributed by atoms with van der Waals surface area (Å²) >= 11 is 0. The highest BCUT2D eigenvalue weighted by atomic mass is 16.5. The first kappa shape index (κ1) is 17.0. The number of nitrogens with one attached hydrogen (secondary N) is 2. The number of hydrazine groups is 1. The number of carbonyl (C=O) groups excluding carboxylic acids is 2. The maximum absolute atomic E-state index is 12.0. The van der Waals surface area contributed by atoms with E-state index in [-0.39, 0.29) is 18.2 Å². The van der Waals surface area contributed by atoms with Crippen LogP contribution in [0.15, 0.2) is 36.9 Å². The molecule has 0 bridgehead atoms. The predicted molar refractivity (Wildman–Crippen MR) is 86.3 cm³/mol. The van der Waals surface area contributed by atoms with Gasteiger partial charge >= 0.3 is 0 Å². The van der Waals surface area contributed by atoms with Gasteiger partial charge in [-0.2, -0.15) is 0 Å². The topological polar surface area (TPSA) is 96.7 Å². The van der Waals surface area contributed by atoms with Gasteiger partial charge in [-0.15, -0.1) is 0 Å². The van der Waals surface area contributed by atoms with E-state index in [0.717, 1.165) is 11.3 Å². The average molecular weight is 318 g/mol. The normalized spacial score (nSPS) is 18.1. The van der Waals surface area contributed by atoms with E-state index < -0.39 is 6.04 Å². The van der Waals surface area contributed by atoms with Crippen molar-refractivity contribution in [1.82, 2.24) is 15.6 Å². The van der Waals surface area contributed by atoms with Gasteiger partial charge in [0, 0.05) is 19.6 Å². The van der Waals surface area contributed by atoms with Crippen molar-refractivity contribution >= 4 is 11.8 Å². The van der Waals surface area contributed by atoms with Crippen LogP contribution >= 0.6 is 0 Å². The van der Waals surface area contributed by atoms with Crippen molar-refractivity contribution in [3.05, 3.63) is 42.5 Å². The smallest absolute Gasteiger partial charge is 0.237 e. The molecule has 0 aromatic heterocycles. The average Bonchev–Trinajstić information content (AvgIpc) is 2.56. The fourth-order valence-electron chi connectivity index (χ4n) is 2.53. The van der Waals surface area contributed by atoms with Gasteiger partial charge in [0.25, 0.3) is 0 Å². The van der Waals surface area contributed by atoms with Gasteiger partial charge < -0.3 is 10.1 Å². The van der Waals surface area contributed by atoms with Crippen LogP contribution in [0.2, 0.25) is 0 Å². The Morgan fingerprint density at radius 2 is 2.39 bits per heavy atom. The summed E-state index contributed by atoms with van der Waals surface area (Å²) < 4.78 is 5.52. The van der Waals surface area contributed by atoms with Crippen LogP contribution < -0.4 is 21.3 Å². The van der Waals surface area contributed by atoms with Gasteiger partial charge in [-0.25, -0.2) is 5.84 Å². The molecule has 1 atom stereocenters. The first-order valence-corrected chi connectivity index (χ1v) is 7.48. The minimum Gasteiger partial charge on any atom is -0.490 e.